The summed E-state index contributed by atoms with van der Waals surface area (Å²) >= 11 is 0. The zero-order valence-corrected chi connectivity index (χ0v) is 21.7. The number of ether oxygens (including phenoxy) is 1. The van der Waals surface area contributed by atoms with E-state index in [2.05, 4.69) is 57.4 Å². The quantitative estimate of drug-likeness (QED) is 0.263. The molecule has 3 nitrogen and oxygen atoms in total. The van der Waals surface area contributed by atoms with E-state index in [1.54, 1.807) is 13.8 Å². The van der Waals surface area contributed by atoms with Gasteiger partial charge in [-0.05, 0) is 87.7 Å². The van der Waals surface area contributed by atoms with Gasteiger partial charge in [0.2, 0.25) is 0 Å². The van der Waals surface area contributed by atoms with Crippen LogP contribution in [-0.4, -0.2) is 22.8 Å². The number of allylic oxidation sites excluding steroid dienone is 5. The van der Waals surface area contributed by atoms with Crippen molar-refractivity contribution in [3.05, 3.63) is 47.1 Å². The summed E-state index contributed by atoms with van der Waals surface area (Å²) in [6.07, 6.45) is 16.0. The number of carbonyl (C=O) groups excluding carboxylic acids is 1. The fraction of sp³-hybridized carbons (Fsp3) is 0.633. The molecule has 182 valence electrons. The Hall–Kier alpha value is -2.05. The molecular formula is C30H44O3. The van der Waals surface area contributed by atoms with E-state index in [9.17, 15) is 9.90 Å². The van der Waals surface area contributed by atoms with Crippen molar-refractivity contribution in [3.8, 4) is 11.8 Å². The molecule has 0 heterocycles. The van der Waals surface area contributed by atoms with E-state index in [0.717, 1.165) is 50.5 Å². The molecule has 0 aliphatic heterocycles. The predicted molar refractivity (Wildman–Crippen MR) is 138 cm³/mol. The molecule has 0 aromatic heterocycles. The van der Waals surface area contributed by atoms with Gasteiger partial charge in [0.05, 0.1) is 0 Å². The lowest BCUT2D eigenvalue weighted by atomic mass is 9.65. The third-order valence-corrected chi connectivity index (χ3v) is 6.84. The highest BCUT2D eigenvalue weighted by Crippen LogP contribution is 2.47. The van der Waals surface area contributed by atoms with Crippen LogP contribution in [0.4, 0.5) is 0 Å². The predicted octanol–water partition coefficient (Wildman–Crippen LogP) is 7.23. The monoisotopic (exact) mass is 452 g/mol. The Morgan fingerprint density at radius 1 is 1.33 bits per heavy atom. The van der Waals surface area contributed by atoms with E-state index in [0.29, 0.717) is 5.92 Å². The van der Waals surface area contributed by atoms with Crippen LogP contribution in [0.2, 0.25) is 0 Å². The van der Waals surface area contributed by atoms with E-state index >= 15 is 0 Å². The van der Waals surface area contributed by atoms with Gasteiger partial charge < -0.3 is 9.84 Å². The normalized spacial score (nSPS) is 27.8. The molecule has 2 saturated carbocycles. The lowest BCUT2D eigenvalue weighted by Crippen LogP contribution is -2.27. The number of aliphatic hydroxyl groups is 1. The van der Waals surface area contributed by atoms with Crippen molar-refractivity contribution in [1.29, 1.82) is 0 Å². The van der Waals surface area contributed by atoms with Gasteiger partial charge in [0.1, 0.15) is 11.7 Å². The van der Waals surface area contributed by atoms with E-state index in [1.165, 1.54) is 36.5 Å². The van der Waals surface area contributed by atoms with Gasteiger partial charge in [-0.2, -0.15) is 0 Å². The maximum absolute atomic E-state index is 11.4. The van der Waals surface area contributed by atoms with E-state index in [1.807, 2.05) is 0 Å². The maximum atomic E-state index is 11.4. The van der Waals surface area contributed by atoms with Gasteiger partial charge >= 0.3 is 5.97 Å². The Balaban J connectivity index is 2.18. The molecule has 0 aromatic rings. The molecule has 0 radical (unpaired) electrons. The highest BCUT2D eigenvalue weighted by Gasteiger charge is 2.34. The van der Waals surface area contributed by atoms with Crippen molar-refractivity contribution in [1.82, 2.24) is 0 Å². The highest BCUT2D eigenvalue weighted by atomic mass is 16.5. The SMILES string of the molecule is C=C1/C(=C\C=C2/CCCC(C)(/C(=C\CC)[C@H](C)CC#CC(C)(C)O)C2)CCCC1OC(C)=O. The Labute approximate surface area is 202 Å². The van der Waals surface area contributed by atoms with Crippen molar-refractivity contribution in [2.24, 2.45) is 11.3 Å². The second-order valence-electron chi connectivity index (χ2n) is 10.7. The van der Waals surface area contributed by atoms with Crippen molar-refractivity contribution in [2.45, 2.75) is 111 Å². The molecule has 0 bridgehead atoms. The van der Waals surface area contributed by atoms with E-state index in [4.69, 9.17) is 4.74 Å². The zero-order valence-electron chi connectivity index (χ0n) is 21.7. The molecule has 2 aliphatic rings. The van der Waals surface area contributed by atoms with Gasteiger partial charge in [0.25, 0.3) is 0 Å². The third kappa shape index (κ3) is 8.35. The van der Waals surface area contributed by atoms with Gasteiger partial charge in [-0.15, -0.1) is 0 Å². The Morgan fingerprint density at radius 2 is 2.06 bits per heavy atom. The van der Waals surface area contributed by atoms with Crippen molar-refractivity contribution < 1.29 is 14.6 Å². The number of hydrogen-bond acceptors (Lipinski definition) is 3. The third-order valence-electron chi connectivity index (χ3n) is 6.84. The molecule has 33 heavy (non-hydrogen) atoms. The Morgan fingerprint density at radius 3 is 2.70 bits per heavy atom. The molecule has 1 N–H and O–H groups in total. The number of carbonyl (C=O) groups is 1. The Kier molecular flexibility index (Phi) is 9.80. The fourth-order valence-corrected chi connectivity index (χ4v) is 5.32. The van der Waals surface area contributed by atoms with Crippen LogP contribution in [0.15, 0.2) is 47.1 Å². The van der Waals surface area contributed by atoms with E-state index < -0.39 is 5.60 Å². The molecule has 3 heteroatoms. The second kappa shape index (κ2) is 11.9. The molecule has 2 fully saturated rings. The lowest BCUT2D eigenvalue weighted by molar-refractivity contribution is -0.145. The average molecular weight is 453 g/mol. The van der Waals surface area contributed by atoms with Crippen LogP contribution >= 0.6 is 0 Å². The van der Waals surface area contributed by atoms with Crippen LogP contribution in [-0.2, 0) is 9.53 Å². The first-order valence-corrected chi connectivity index (χ1v) is 12.6. The van der Waals surface area contributed by atoms with Gasteiger partial charge in [-0.3, -0.25) is 4.79 Å². The highest BCUT2D eigenvalue weighted by molar-refractivity contribution is 5.66. The minimum absolute atomic E-state index is 0.137. The summed E-state index contributed by atoms with van der Waals surface area (Å²) in [5.41, 5.74) is 4.35. The molecule has 0 spiro atoms. The van der Waals surface area contributed by atoms with Crippen LogP contribution in [0, 0.1) is 23.2 Å². The summed E-state index contributed by atoms with van der Waals surface area (Å²) in [6.45, 7) is 16.0. The lowest BCUT2D eigenvalue weighted by Gasteiger charge is -2.40. The summed E-state index contributed by atoms with van der Waals surface area (Å²) in [4.78, 5) is 11.4. The molecule has 2 rings (SSSR count). The smallest absolute Gasteiger partial charge is 0.303 e. The molecule has 0 aromatic carbocycles. The van der Waals surface area contributed by atoms with Crippen LogP contribution < -0.4 is 0 Å². The average Bonchev–Trinajstić information content (AvgIpc) is 2.71. The van der Waals surface area contributed by atoms with Crippen LogP contribution in [0.3, 0.4) is 0 Å². The number of esters is 1. The van der Waals surface area contributed by atoms with Crippen molar-refractivity contribution >= 4 is 5.97 Å². The topological polar surface area (TPSA) is 46.5 Å². The summed E-state index contributed by atoms with van der Waals surface area (Å²) in [7, 11) is 0. The molecule has 0 amide bonds. The zero-order chi connectivity index (χ0) is 24.6. The van der Waals surface area contributed by atoms with Crippen LogP contribution in [0.1, 0.15) is 99.3 Å². The van der Waals surface area contributed by atoms with Gasteiger partial charge in [0.15, 0.2) is 0 Å². The minimum Gasteiger partial charge on any atom is -0.458 e. The molecular weight excluding hydrogens is 408 g/mol. The summed E-state index contributed by atoms with van der Waals surface area (Å²) in [6, 6.07) is 0. The standard InChI is InChI=1S/C30H44O3/c1-8-12-27(22(2)13-10-19-29(5,6)32)30(7)20-11-14-25(21-30)17-18-26-15-9-16-28(23(26)3)33-24(4)31/h12,17-18,22,28,32H,3,8-9,11,13-16,20-21H2,1-2,4-7H3/b25-17+,26-18-,27-12-/t22-,28?,30?/m1/s1. The summed E-state index contributed by atoms with van der Waals surface area (Å²) in [5, 5.41) is 9.92. The van der Waals surface area contributed by atoms with Gasteiger partial charge in [0, 0.05) is 13.3 Å². The first-order chi connectivity index (χ1) is 15.4. The minimum atomic E-state index is -0.940. The fourth-order valence-electron chi connectivity index (χ4n) is 5.32. The Bertz CT molecular complexity index is 868. The summed E-state index contributed by atoms with van der Waals surface area (Å²) in [5.74, 6) is 6.31. The van der Waals surface area contributed by atoms with Gasteiger partial charge in [-0.25, -0.2) is 0 Å². The van der Waals surface area contributed by atoms with E-state index in [-0.39, 0.29) is 17.5 Å². The van der Waals surface area contributed by atoms with Crippen molar-refractivity contribution in [2.75, 3.05) is 0 Å². The number of rotatable bonds is 6. The first-order valence-electron chi connectivity index (χ1n) is 12.6. The molecule has 3 atom stereocenters. The molecule has 2 aliphatic carbocycles. The van der Waals surface area contributed by atoms with Crippen LogP contribution in [0.25, 0.3) is 0 Å². The second-order valence-corrected chi connectivity index (χ2v) is 10.7. The molecule has 0 saturated heterocycles. The van der Waals surface area contributed by atoms with Crippen molar-refractivity contribution in [3.63, 3.8) is 0 Å². The van der Waals surface area contributed by atoms with Gasteiger partial charge in [-0.1, -0.05) is 68.6 Å². The molecule has 2 unspecified atom stereocenters. The number of hydrogen-bond donors (Lipinski definition) is 1. The first kappa shape index (κ1) is 27.2. The maximum Gasteiger partial charge on any atom is 0.303 e. The van der Waals surface area contributed by atoms with Crippen LogP contribution in [0.5, 0.6) is 0 Å². The summed E-state index contributed by atoms with van der Waals surface area (Å²) < 4.78 is 5.46. The largest absolute Gasteiger partial charge is 0.458 e.